The Morgan fingerprint density at radius 3 is 2.92 bits per heavy atom. The lowest BCUT2D eigenvalue weighted by Gasteiger charge is -2.18. The van der Waals surface area contributed by atoms with Crippen LogP contribution in [0.4, 0.5) is 0 Å². The summed E-state index contributed by atoms with van der Waals surface area (Å²) in [7, 11) is 0. The van der Waals surface area contributed by atoms with Gasteiger partial charge in [0.05, 0.1) is 5.92 Å². The highest BCUT2D eigenvalue weighted by Gasteiger charge is 2.21. The maximum Gasteiger partial charge on any atom is 0.135 e. The van der Waals surface area contributed by atoms with E-state index in [0.717, 1.165) is 17.4 Å². The largest absolute Gasteiger partial charge is 0.512 e. The van der Waals surface area contributed by atoms with Crippen LogP contribution in [0.15, 0.2) is 36.1 Å². The summed E-state index contributed by atoms with van der Waals surface area (Å²) >= 11 is 0. The van der Waals surface area contributed by atoms with Crippen molar-refractivity contribution in [2.45, 2.75) is 12.3 Å². The van der Waals surface area contributed by atoms with E-state index in [-0.39, 0.29) is 5.76 Å². The topological polar surface area (TPSA) is 37.3 Å². The van der Waals surface area contributed by atoms with E-state index in [1.54, 1.807) is 6.08 Å². The number of fused-ring (bicyclic) bond motifs is 1. The van der Waals surface area contributed by atoms with Gasteiger partial charge in [0, 0.05) is 0 Å². The van der Waals surface area contributed by atoms with Gasteiger partial charge in [-0.3, -0.25) is 0 Å². The highest BCUT2D eigenvalue weighted by atomic mass is 16.3. The molecule has 0 unspecified atom stereocenters. The molecular formula is C11H10O2. The zero-order valence-corrected chi connectivity index (χ0v) is 7.10. The summed E-state index contributed by atoms with van der Waals surface area (Å²) in [4.78, 5) is 10.7. The second kappa shape index (κ2) is 3.05. The Morgan fingerprint density at radius 1 is 1.38 bits per heavy atom. The molecule has 13 heavy (non-hydrogen) atoms. The molecule has 66 valence electrons. The Balaban J connectivity index is 2.52. The minimum absolute atomic E-state index is 0.175. The van der Waals surface area contributed by atoms with Crippen molar-refractivity contribution in [3.8, 4) is 0 Å². The third kappa shape index (κ3) is 1.24. The van der Waals surface area contributed by atoms with Gasteiger partial charge >= 0.3 is 0 Å². The first kappa shape index (κ1) is 8.05. The van der Waals surface area contributed by atoms with Crippen LogP contribution in [-0.4, -0.2) is 11.4 Å². The van der Waals surface area contributed by atoms with Gasteiger partial charge in [0.25, 0.3) is 0 Å². The number of rotatable bonds is 1. The molecule has 0 amide bonds. The highest BCUT2D eigenvalue weighted by molar-refractivity contribution is 5.68. The molecule has 0 aromatic heterocycles. The van der Waals surface area contributed by atoms with Crippen molar-refractivity contribution in [2.75, 3.05) is 0 Å². The molecule has 2 nitrogen and oxygen atoms in total. The molecule has 0 bridgehead atoms. The predicted molar refractivity (Wildman–Crippen MR) is 49.7 cm³/mol. The van der Waals surface area contributed by atoms with Crippen LogP contribution in [0.1, 0.15) is 17.0 Å². The third-order valence-corrected chi connectivity index (χ3v) is 2.38. The lowest BCUT2D eigenvalue weighted by atomic mass is 9.87. The van der Waals surface area contributed by atoms with Gasteiger partial charge in [-0.25, -0.2) is 0 Å². The van der Waals surface area contributed by atoms with Crippen molar-refractivity contribution in [2.24, 2.45) is 0 Å². The van der Waals surface area contributed by atoms with Crippen molar-refractivity contribution in [3.63, 3.8) is 0 Å². The Hall–Kier alpha value is -1.57. The first-order chi connectivity index (χ1) is 6.33. The highest BCUT2D eigenvalue weighted by Crippen LogP contribution is 2.28. The van der Waals surface area contributed by atoms with E-state index < -0.39 is 5.92 Å². The zero-order valence-electron chi connectivity index (χ0n) is 7.10. The first-order valence-electron chi connectivity index (χ1n) is 4.25. The van der Waals surface area contributed by atoms with Gasteiger partial charge in [-0.05, 0) is 23.6 Å². The van der Waals surface area contributed by atoms with Crippen LogP contribution in [0.25, 0.3) is 0 Å². The van der Waals surface area contributed by atoms with Gasteiger partial charge in [0.15, 0.2) is 0 Å². The second-order valence-electron chi connectivity index (χ2n) is 3.15. The van der Waals surface area contributed by atoms with Crippen LogP contribution in [0.5, 0.6) is 0 Å². The van der Waals surface area contributed by atoms with Gasteiger partial charge in [0.1, 0.15) is 12.0 Å². The normalized spacial score (nSPS) is 20.3. The molecule has 1 atom stereocenters. The third-order valence-electron chi connectivity index (χ3n) is 2.38. The number of aldehydes is 1. The van der Waals surface area contributed by atoms with Crippen LogP contribution in [0.3, 0.4) is 0 Å². The quantitative estimate of drug-likeness (QED) is 0.661. The van der Waals surface area contributed by atoms with Gasteiger partial charge in [-0.2, -0.15) is 0 Å². The maximum atomic E-state index is 10.7. The zero-order chi connectivity index (χ0) is 9.26. The number of carbonyl (C=O) groups excluding carboxylic acids is 1. The average Bonchev–Trinajstić information content (AvgIpc) is 2.18. The summed E-state index contributed by atoms with van der Waals surface area (Å²) in [5, 5.41) is 9.45. The standard InChI is InChI=1S/C11H10O2/c12-7-10-9-4-2-1-3-8(9)5-6-11(10)13/h1-4,6-7,10,13H,5H2/t10-/m0/s1. The second-order valence-corrected chi connectivity index (χ2v) is 3.15. The summed E-state index contributed by atoms with van der Waals surface area (Å²) in [6, 6.07) is 7.69. The van der Waals surface area contributed by atoms with E-state index in [1.807, 2.05) is 24.3 Å². The lowest BCUT2D eigenvalue weighted by molar-refractivity contribution is -0.108. The van der Waals surface area contributed by atoms with Crippen molar-refractivity contribution in [1.29, 1.82) is 0 Å². The van der Waals surface area contributed by atoms with Crippen molar-refractivity contribution >= 4 is 6.29 Å². The molecule has 0 fully saturated rings. The number of benzene rings is 1. The minimum atomic E-state index is -0.454. The Morgan fingerprint density at radius 2 is 2.15 bits per heavy atom. The molecular weight excluding hydrogens is 164 g/mol. The summed E-state index contributed by atoms with van der Waals surface area (Å²) in [6.07, 6.45) is 3.19. The van der Waals surface area contributed by atoms with Crippen LogP contribution in [0.2, 0.25) is 0 Å². The summed E-state index contributed by atoms with van der Waals surface area (Å²) < 4.78 is 0. The summed E-state index contributed by atoms with van der Waals surface area (Å²) in [6.45, 7) is 0. The Bertz CT molecular complexity index is 366. The monoisotopic (exact) mass is 174 g/mol. The fourth-order valence-electron chi connectivity index (χ4n) is 1.67. The van der Waals surface area contributed by atoms with E-state index in [2.05, 4.69) is 0 Å². The van der Waals surface area contributed by atoms with E-state index in [0.29, 0.717) is 6.42 Å². The van der Waals surface area contributed by atoms with E-state index in [4.69, 9.17) is 0 Å². The molecule has 0 aliphatic heterocycles. The lowest BCUT2D eigenvalue weighted by Crippen LogP contribution is -2.11. The molecule has 1 aromatic carbocycles. The molecule has 0 heterocycles. The number of aliphatic hydroxyl groups is 1. The molecule has 2 heteroatoms. The van der Waals surface area contributed by atoms with Crippen LogP contribution < -0.4 is 0 Å². The van der Waals surface area contributed by atoms with Gasteiger partial charge in [0.2, 0.25) is 0 Å². The number of aliphatic hydroxyl groups excluding tert-OH is 1. The maximum absolute atomic E-state index is 10.7. The van der Waals surface area contributed by atoms with Crippen molar-refractivity contribution in [1.82, 2.24) is 0 Å². The number of allylic oxidation sites excluding steroid dienone is 2. The predicted octanol–water partition coefficient (Wildman–Crippen LogP) is 1.97. The van der Waals surface area contributed by atoms with Crippen molar-refractivity contribution in [3.05, 3.63) is 47.2 Å². The number of hydrogen-bond donors (Lipinski definition) is 1. The SMILES string of the molecule is O=C[C@@H]1C(O)=CCc2ccccc21. The molecule has 2 rings (SSSR count). The fraction of sp³-hybridized carbons (Fsp3) is 0.182. The van der Waals surface area contributed by atoms with Gasteiger partial charge < -0.3 is 9.90 Å². The summed E-state index contributed by atoms with van der Waals surface area (Å²) in [5.41, 5.74) is 2.05. The average molecular weight is 174 g/mol. The van der Waals surface area contributed by atoms with Crippen LogP contribution in [0, 0.1) is 0 Å². The van der Waals surface area contributed by atoms with Gasteiger partial charge in [-0.1, -0.05) is 24.3 Å². The number of hydrogen-bond acceptors (Lipinski definition) is 2. The van der Waals surface area contributed by atoms with Crippen molar-refractivity contribution < 1.29 is 9.90 Å². The Kier molecular flexibility index (Phi) is 1.89. The molecule has 0 radical (unpaired) electrons. The van der Waals surface area contributed by atoms with E-state index >= 15 is 0 Å². The molecule has 1 aliphatic rings. The molecule has 1 aliphatic carbocycles. The summed E-state index contributed by atoms with van der Waals surface area (Å²) in [5.74, 6) is -0.279. The Labute approximate surface area is 76.5 Å². The molecule has 1 N–H and O–H groups in total. The minimum Gasteiger partial charge on any atom is -0.512 e. The molecule has 0 saturated carbocycles. The fourth-order valence-corrected chi connectivity index (χ4v) is 1.67. The van der Waals surface area contributed by atoms with Crippen LogP contribution in [-0.2, 0) is 11.2 Å². The van der Waals surface area contributed by atoms with Crippen LogP contribution >= 0.6 is 0 Å². The molecule has 0 saturated heterocycles. The smallest absolute Gasteiger partial charge is 0.135 e. The van der Waals surface area contributed by atoms with E-state index in [9.17, 15) is 9.90 Å². The first-order valence-corrected chi connectivity index (χ1v) is 4.25. The molecule has 0 spiro atoms. The van der Waals surface area contributed by atoms with E-state index in [1.165, 1.54) is 0 Å². The molecule has 1 aromatic rings. The van der Waals surface area contributed by atoms with Gasteiger partial charge in [-0.15, -0.1) is 0 Å². The number of carbonyl (C=O) groups is 1.